The Morgan fingerprint density at radius 1 is 1.05 bits per heavy atom. The van der Waals surface area contributed by atoms with Crippen LogP contribution in [0, 0.1) is 6.92 Å². The van der Waals surface area contributed by atoms with Gasteiger partial charge in [0.2, 0.25) is 5.89 Å². The van der Waals surface area contributed by atoms with Gasteiger partial charge < -0.3 is 4.42 Å². The molecular formula is C12H7F3N4OS. The largest absolute Gasteiger partial charge is 0.417 e. The van der Waals surface area contributed by atoms with Crippen molar-refractivity contribution < 1.29 is 17.6 Å². The molecule has 0 saturated carbocycles. The zero-order valence-corrected chi connectivity index (χ0v) is 11.4. The summed E-state index contributed by atoms with van der Waals surface area (Å²) in [6.07, 6.45) is -4.49. The number of rotatable bonds is 2. The topological polar surface area (TPSA) is 64.7 Å². The molecule has 0 radical (unpaired) electrons. The highest BCUT2D eigenvalue weighted by molar-refractivity contribution is 7.09. The second-order valence-electron chi connectivity index (χ2n) is 4.14. The molecule has 21 heavy (non-hydrogen) atoms. The highest BCUT2D eigenvalue weighted by Gasteiger charge is 2.34. The van der Waals surface area contributed by atoms with E-state index in [4.69, 9.17) is 4.42 Å². The summed E-state index contributed by atoms with van der Waals surface area (Å²) < 4.78 is 48.0. The van der Waals surface area contributed by atoms with Crippen LogP contribution >= 0.6 is 11.5 Å². The third-order valence-electron chi connectivity index (χ3n) is 2.73. The first-order valence-electron chi connectivity index (χ1n) is 5.76. The lowest BCUT2D eigenvalue weighted by Gasteiger charge is -2.09. The fourth-order valence-electron chi connectivity index (χ4n) is 1.77. The molecule has 0 atom stereocenters. The Labute approximate surface area is 120 Å². The van der Waals surface area contributed by atoms with Crippen molar-refractivity contribution in [3.8, 4) is 22.2 Å². The zero-order chi connectivity index (χ0) is 15.0. The molecule has 3 rings (SSSR count). The average molecular weight is 312 g/mol. The Bertz CT molecular complexity index is 781. The number of aryl methyl sites for hydroxylation is 1. The summed E-state index contributed by atoms with van der Waals surface area (Å²) in [5, 5.41) is 11.3. The first-order chi connectivity index (χ1) is 9.97. The monoisotopic (exact) mass is 312 g/mol. The van der Waals surface area contributed by atoms with Crippen LogP contribution in [0.25, 0.3) is 22.2 Å². The predicted octanol–water partition coefficient (Wildman–Crippen LogP) is 3.58. The van der Waals surface area contributed by atoms with Crippen molar-refractivity contribution in [3.63, 3.8) is 0 Å². The van der Waals surface area contributed by atoms with Crippen LogP contribution in [0.2, 0.25) is 0 Å². The summed E-state index contributed by atoms with van der Waals surface area (Å²) in [7, 11) is 0. The molecule has 0 aliphatic carbocycles. The van der Waals surface area contributed by atoms with Crippen LogP contribution in [0.1, 0.15) is 11.3 Å². The maximum Gasteiger partial charge on any atom is 0.417 e. The summed E-state index contributed by atoms with van der Waals surface area (Å²) in [5.41, 5.74) is -0.391. The first-order valence-corrected chi connectivity index (χ1v) is 6.53. The molecule has 0 aliphatic rings. The van der Waals surface area contributed by atoms with Gasteiger partial charge in [0.25, 0.3) is 5.89 Å². The number of nitrogens with zero attached hydrogens (tertiary/aromatic N) is 4. The molecule has 108 valence electrons. The molecule has 0 aliphatic heterocycles. The fourth-order valence-corrected chi connectivity index (χ4v) is 2.35. The minimum atomic E-state index is -4.49. The SMILES string of the molecule is Cc1nnsc1-c1nnc(-c2ccccc2C(F)(F)F)o1. The lowest BCUT2D eigenvalue weighted by atomic mass is 10.1. The zero-order valence-electron chi connectivity index (χ0n) is 10.5. The molecule has 2 heterocycles. The molecule has 3 aromatic rings. The van der Waals surface area contributed by atoms with E-state index in [-0.39, 0.29) is 17.3 Å². The van der Waals surface area contributed by atoms with Crippen molar-refractivity contribution in [2.45, 2.75) is 13.1 Å². The van der Waals surface area contributed by atoms with Crippen molar-refractivity contribution in [2.75, 3.05) is 0 Å². The fraction of sp³-hybridized carbons (Fsp3) is 0.167. The van der Waals surface area contributed by atoms with Gasteiger partial charge in [-0.05, 0) is 30.6 Å². The van der Waals surface area contributed by atoms with Crippen molar-refractivity contribution in [1.82, 2.24) is 19.8 Å². The third kappa shape index (κ3) is 2.51. The number of benzene rings is 1. The number of alkyl halides is 3. The maximum absolute atomic E-state index is 13.0. The first kappa shape index (κ1) is 13.7. The normalized spacial score (nSPS) is 11.8. The third-order valence-corrected chi connectivity index (χ3v) is 3.55. The standard InChI is InChI=1S/C12H7F3N4OS/c1-6-9(21-19-16-6)11-18-17-10(20-11)7-4-2-3-5-8(7)12(13,14)15/h2-5H,1H3. The van der Waals surface area contributed by atoms with Gasteiger partial charge >= 0.3 is 6.18 Å². The van der Waals surface area contributed by atoms with Gasteiger partial charge in [-0.15, -0.1) is 15.3 Å². The average Bonchev–Trinajstić information content (AvgIpc) is 3.06. The van der Waals surface area contributed by atoms with Gasteiger partial charge in [0, 0.05) is 0 Å². The summed E-state index contributed by atoms with van der Waals surface area (Å²) in [6.45, 7) is 1.70. The molecule has 0 saturated heterocycles. The van der Waals surface area contributed by atoms with Crippen molar-refractivity contribution in [3.05, 3.63) is 35.5 Å². The number of halogens is 3. The van der Waals surface area contributed by atoms with Crippen molar-refractivity contribution in [1.29, 1.82) is 0 Å². The molecule has 1 aromatic carbocycles. The van der Waals surface area contributed by atoms with Crippen LogP contribution in [-0.2, 0) is 6.18 Å². The van der Waals surface area contributed by atoms with Crippen LogP contribution in [0.4, 0.5) is 13.2 Å². The molecule has 0 N–H and O–H groups in total. The van der Waals surface area contributed by atoms with Crippen LogP contribution < -0.4 is 0 Å². The van der Waals surface area contributed by atoms with Crippen LogP contribution in [-0.4, -0.2) is 19.8 Å². The summed E-state index contributed by atoms with van der Waals surface area (Å²) in [6, 6.07) is 5.05. The number of hydrogen-bond donors (Lipinski definition) is 0. The number of hydrogen-bond acceptors (Lipinski definition) is 6. The molecule has 2 aromatic heterocycles. The van der Waals surface area contributed by atoms with Gasteiger partial charge in [0.1, 0.15) is 4.88 Å². The van der Waals surface area contributed by atoms with Gasteiger partial charge in [-0.1, -0.05) is 16.6 Å². The van der Waals surface area contributed by atoms with E-state index in [1.807, 2.05) is 0 Å². The smallest absolute Gasteiger partial charge is 0.415 e. The Balaban J connectivity index is 2.08. The molecule has 0 bridgehead atoms. The Kier molecular flexibility index (Phi) is 3.20. The molecule has 0 spiro atoms. The maximum atomic E-state index is 13.0. The molecule has 9 heteroatoms. The van der Waals surface area contributed by atoms with E-state index in [9.17, 15) is 13.2 Å². The van der Waals surface area contributed by atoms with Gasteiger partial charge in [0.05, 0.1) is 16.8 Å². The van der Waals surface area contributed by atoms with Crippen molar-refractivity contribution >= 4 is 11.5 Å². The molecule has 0 fully saturated rings. The van der Waals surface area contributed by atoms with Crippen LogP contribution in [0.15, 0.2) is 28.7 Å². The van der Waals surface area contributed by atoms with Gasteiger partial charge in [-0.25, -0.2) is 0 Å². The second kappa shape index (κ2) is 4.92. The van der Waals surface area contributed by atoms with Gasteiger partial charge in [-0.3, -0.25) is 0 Å². The van der Waals surface area contributed by atoms with E-state index < -0.39 is 11.7 Å². The van der Waals surface area contributed by atoms with E-state index in [1.165, 1.54) is 18.2 Å². The highest BCUT2D eigenvalue weighted by Crippen LogP contribution is 2.37. The van der Waals surface area contributed by atoms with Crippen molar-refractivity contribution in [2.24, 2.45) is 0 Å². The minimum absolute atomic E-state index is 0.106. The van der Waals surface area contributed by atoms with Crippen LogP contribution in [0.3, 0.4) is 0 Å². The lowest BCUT2D eigenvalue weighted by Crippen LogP contribution is -2.06. The molecule has 0 unspecified atom stereocenters. The predicted molar refractivity (Wildman–Crippen MR) is 68.4 cm³/mol. The Morgan fingerprint density at radius 3 is 2.43 bits per heavy atom. The highest BCUT2D eigenvalue weighted by atomic mass is 32.1. The lowest BCUT2D eigenvalue weighted by molar-refractivity contribution is -0.137. The Morgan fingerprint density at radius 2 is 1.76 bits per heavy atom. The van der Waals surface area contributed by atoms with E-state index in [0.29, 0.717) is 10.6 Å². The molecule has 0 amide bonds. The molecule has 5 nitrogen and oxygen atoms in total. The van der Waals surface area contributed by atoms with Gasteiger partial charge in [-0.2, -0.15) is 13.2 Å². The summed E-state index contributed by atoms with van der Waals surface area (Å²) in [4.78, 5) is 0.540. The Hall–Kier alpha value is -2.29. The minimum Gasteiger partial charge on any atom is -0.415 e. The van der Waals surface area contributed by atoms with E-state index in [0.717, 1.165) is 17.6 Å². The van der Waals surface area contributed by atoms with E-state index >= 15 is 0 Å². The second-order valence-corrected chi connectivity index (χ2v) is 4.90. The summed E-state index contributed by atoms with van der Waals surface area (Å²) in [5.74, 6) is -0.0831. The summed E-state index contributed by atoms with van der Waals surface area (Å²) >= 11 is 1.04. The number of aromatic nitrogens is 4. The molecular weight excluding hydrogens is 305 g/mol. The van der Waals surface area contributed by atoms with E-state index in [2.05, 4.69) is 19.8 Å². The van der Waals surface area contributed by atoms with Gasteiger partial charge in [0.15, 0.2) is 0 Å². The van der Waals surface area contributed by atoms with Crippen LogP contribution in [0.5, 0.6) is 0 Å². The quantitative estimate of drug-likeness (QED) is 0.723. The van der Waals surface area contributed by atoms with E-state index in [1.54, 1.807) is 6.92 Å².